The highest BCUT2D eigenvalue weighted by Gasteiger charge is 2.18. The van der Waals surface area contributed by atoms with Crippen LogP contribution in [-0.4, -0.2) is 29.1 Å². The minimum Gasteiger partial charge on any atom is -0.395 e. The molecule has 0 aliphatic rings. The summed E-state index contributed by atoms with van der Waals surface area (Å²) in [5, 5.41) is 9.42. The van der Waals surface area contributed by atoms with Crippen LogP contribution in [0, 0.1) is 0 Å². The molecule has 0 aliphatic heterocycles. The molecule has 132 valence electrons. The largest absolute Gasteiger partial charge is 0.395 e. The molecule has 26 heavy (non-hydrogen) atoms. The smallest absolute Gasteiger partial charge is 0.254 e. The SMILES string of the molecule is O=C(c1ccccc1Cc1ccccc1)N(CCO)Cc1ccccc1. The average Bonchev–Trinajstić information content (AvgIpc) is 2.69. The summed E-state index contributed by atoms with van der Waals surface area (Å²) in [6.45, 7) is 0.743. The summed E-state index contributed by atoms with van der Waals surface area (Å²) in [5.41, 5.74) is 3.92. The molecule has 0 unspecified atom stereocenters. The normalized spacial score (nSPS) is 10.5. The lowest BCUT2D eigenvalue weighted by Crippen LogP contribution is -2.33. The summed E-state index contributed by atoms with van der Waals surface area (Å²) in [4.78, 5) is 14.9. The maximum absolute atomic E-state index is 13.2. The number of carbonyl (C=O) groups excluding carboxylic acids is 1. The van der Waals surface area contributed by atoms with Crippen molar-refractivity contribution in [2.24, 2.45) is 0 Å². The van der Waals surface area contributed by atoms with Crippen LogP contribution in [0.25, 0.3) is 0 Å². The summed E-state index contributed by atoms with van der Waals surface area (Å²) in [6, 6.07) is 27.7. The molecule has 0 aromatic heterocycles. The Bertz CT molecular complexity index is 831. The molecule has 3 heteroatoms. The zero-order chi connectivity index (χ0) is 18.2. The van der Waals surface area contributed by atoms with Gasteiger partial charge < -0.3 is 10.0 Å². The first kappa shape index (κ1) is 17.9. The lowest BCUT2D eigenvalue weighted by Gasteiger charge is -2.23. The molecular weight excluding hydrogens is 322 g/mol. The predicted molar refractivity (Wildman–Crippen MR) is 104 cm³/mol. The Morgan fingerprint density at radius 3 is 2.00 bits per heavy atom. The first-order valence-corrected chi connectivity index (χ1v) is 8.84. The Labute approximate surface area is 154 Å². The lowest BCUT2D eigenvalue weighted by atomic mass is 9.99. The number of hydrogen-bond donors (Lipinski definition) is 1. The van der Waals surface area contributed by atoms with Gasteiger partial charge in [-0.1, -0.05) is 78.9 Å². The second kappa shape index (κ2) is 8.97. The summed E-state index contributed by atoms with van der Waals surface area (Å²) in [5.74, 6) is -0.0468. The highest BCUT2D eigenvalue weighted by Crippen LogP contribution is 2.18. The number of benzene rings is 3. The van der Waals surface area contributed by atoms with E-state index in [9.17, 15) is 9.90 Å². The van der Waals surface area contributed by atoms with Crippen molar-refractivity contribution < 1.29 is 9.90 Å². The fourth-order valence-electron chi connectivity index (χ4n) is 3.05. The number of aliphatic hydroxyl groups excluding tert-OH is 1. The van der Waals surface area contributed by atoms with Crippen LogP contribution in [0.1, 0.15) is 27.0 Å². The summed E-state index contributed by atoms with van der Waals surface area (Å²) < 4.78 is 0. The van der Waals surface area contributed by atoms with Gasteiger partial charge in [0.1, 0.15) is 0 Å². The molecule has 0 heterocycles. The first-order chi connectivity index (χ1) is 12.8. The molecule has 0 bridgehead atoms. The number of hydrogen-bond acceptors (Lipinski definition) is 2. The van der Waals surface area contributed by atoms with Gasteiger partial charge in [-0.05, 0) is 29.2 Å². The molecule has 1 N–H and O–H groups in total. The molecule has 3 aromatic rings. The molecule has 0 fully saturated rings. The Balaban J connectivity index is 1.85. The maximum Gasteiger partial charge on any atom is 0.254 e. The highest BCUT2D eigenvalue weighted by molar-refractivity contribution is 5.95. The van der Waals surface area contributed by atoms with Crippen LogP contribution in [0.5, 0.6) is 0 Å². The van der Waals surface area contributed by atoms with E-state index in [0.29, 0.717) is 25.1 Å². The number of nitrogens with zero attached hydrogens (tertiary/aromatic N) is 1. The molecule has 0 aliphatic carbocycles. The third-order valence-corrected chi connectivity index (χ3v) is 4.36. The molecule has 3 rings (SSSR count). The zero-order valence-corrected chi connectivity index (χ0v) is 14.7. The van der Waals surface area contributed by atoms with E-state index in [2.05, 4.69) is 12.1 Å². The third-order valence-electron chi connectivity index (χ3n) is 4.36. The lowest BCUT2D eigenvalue weighted by molar-refractivity contribution is 0.0707. The van der Waals surface area contributed by atoms with Crippen LogP contribution in [0.15, 0.2) is 84.9 Å². The van der Waals surface area contributed by atoms with Crippen molar-refractivity contribution in [1.29, 1.82) is 0 Å². The minimum atomic E-state index is -0.0561. The van der Waals surface area contributed by atoms with E-state index in [4.69, 9.17) is 0 Å². The maximum atomic E-state index is 13.2. The van der Waals surface area contributed by atoms with Crippen molar-refractivity contribution in [2.45, 2.75) is 13.0 Å². The quantitative estimate of drug-likeness (QED) is 0.705. The van der Waals surface area contributed by atoms with Crippen molar-refractivity contribution in [1.82, 2.24) is 4.90 Å². The summed E-state index contributed by atoms with van der Waals surface area (Å²) >= 11 is 0. The fraction of sp³-hybridized carbons (Fsp3) is 0.174. The van der Waals surface area contributed by atoms with E-state index in [-0.39, 0.29) is 12.5 Å². The monoisotopic (exact) mass is 345 g/mol. The van der Waals surface area contributed by atoms with Crippen LogP contribution >= 0.6 is 0 Å². The molecule has 0 atom stereocenters. The van der Waals surface area contributed by atoms with Crippen LogP contribution in [-0.2, 0) is 13.0 Å². The van der Waals surface area contributed by atoms with E-state index < -0.39 is 0 Å². The molecule has 1 amide bonds. The zero-order valence-electron chi connectivity index (χ0n) is 14.7. The topological polar surface area (TPSA) is 40.5 Å². The van der Waals surface area contributed by atoms with Gasteiger partial charge in [0.2, 0.25) is 0 Å². The van der Waals surface area contributed by atoms with Gasteiger partial charge in [0.25, 0.3) is 5.91 Å². The number of carbonyl (C=O) groups is 1. The molecule has 3 aromatic carbocycles. The molecule has 0 radical (unpaired) electrons. The van der Waals surface area contributed by atoms with Crippen molar-refractivity contribution in [3.8, 4) is 0 Å². The van der Waals surface area contributed by atoms with Gasteiger partial charge in [-0.2, -0.15) is 0 Å². The summed E-state index contributed by atoms with van der Waals surface area (Å²) in [6.07, 6.45) is 0.709. The number of rotatable bonds is 7. The van der Waals surface area contributed by atoms with E-state index in [1.165, 1.54) is 5.56 Å². The Morgan fingerprint density at radius 1 is 0.769 bits per heavy atom. The Kier molecular flexibility index (Phi) is 6.18. The van der Waals surface area contributed by atoms with E-state index in [1.807, 2.05) is 72.8 Å². The third kappa shape index (κ3) is 4.58. The standard InChI is InChI=1S/C23H23NO2/c25-16-15-24(18-20-11-5-2-6-12-20)23(26)22-14-8-7-13-21(22)17-19-9-3-1-4-10-19/h1-14,25H,15-18H2. The second-order valence-electron chi connectivity index (χ2n) is 6.26. The first-order valence-electron chi connectivity index (χ1n) is 8.84. The minimum absolute atomic E-state index is 0.0468. The van der Waals surface area contributed by atoms with Gasteiger partial charge in [-0.3, -0.25) is 4.79 Å². The Hall–Kier alpha value is -2.91. The molecular formula is C23H23NO2. The van der Waals surface area contributed by atoms with Crippen molar-refractivity contribution >= 4 is 5.91 Å². The van der Waals surface area contributed by atoms with Crippen LogP contribution < -0.4 is 0 Å². The molecule has 0 saturated heterocycles. The van der Waals surface area contributed by atoms with Gasteiger partial charge in [0.05, 0.1) is 6.61 Å². The average molecular weight is 345 g/mol. The number of aliphatic hydroxyl groups is 1. The van der Waals surface area contributed by atoms with Crippen molar-refractivity contribution in [3.63, 3.8) is 0 Å². The van der Waals surface area contributed by atoms with E-state index >= 15 is 0 Å². The van der Waals surface area contributed by atoms with Gasteiger partial charge >= 0.3 is 0 Å². The van der Waals surface area contributed by atoms with Gasteiger partial charge in [-0.15, -0.1) is 0 Å². The Morgan fingerprint density at radius 2 is 1.35 bits per heavy atom. The second-order valence-corrected chi connectivity index (χ2v) is 6.26. The van der Waals surface area contributed by atoms with Gasteiger partial charge in [-0.25, -0.2) is 0 Å². The summed E-state index contributed by atoms with van der Waals surface area (Å²) in [7, 11) is 0. The molecule has 3 nitrogen and oxygen atoms in total. The van der Waals surface area contributed by atoms with Gasteiger partial charge in [0, 0.05) is 18.7 Å². The van der Waals surface area contributed by atoms with Crippen LogP contribution in [0.3, 0.4) is 0 Å². The van der Waals surface area contributed by atoms with Crippen molar-refractivity contribution in [3.05, 3.63) is 107 Å². The van der Waals surface area contributed by atoms with Crippen LogP contribution in [0.2, 0.25) is 0 Å². The van der Waals surface area contributed by atoms with E-state index in [0.717, 1.165) is 11.1 Å². The predicted octanol–water partition coefficient (Wildman–Crippen LogP) is 3.91. The highest BCUT2D eigenvalue weighted by atomic mass is 16.3. The van der Waals surface area contributed by atoms with E-state index in [1.54, 1.807) is 4.90 Å². The van der Waals surface area contributed by atoms with Gasteiger partial charge in [0.15, 0.2) is 0 Å². The van der Waals surface area contributed by atoms with Crippen LogP contribution in [0.4, 0.5) is 0 Å². The molecule has 0 spiro atoms. The molecule has 0 saturated carbocycles. The number of amides is 1. The fourth-order valence-corrected chi connectivity index (χ4v) is 3.05. The van der Waals surface area contributed by atoms with Crippen molar-refractivity contribution in [2.75, 3.05) is 13.2 Å².